The Morgan fingerprint density at radius 2 is 1.88 bits per heavy atom. The predicted molar refractivity (Wildman–Crippen MR) is 95.8 cm³/mol. The van der Waals surface area contributed by atoms with Crippen molar-refractivity contribution in [1.29, 1.82) is 0 Å². The molecule has 0 atom stereocenters. The molecule has 0 unspecified atom stereocenters. The van der Waals surface area contributed by atoms with E-state index in [9.17, 15) is 14.4 Å². The van der Waals surface area contributed by atoms with Crippen molar-refractivity contribution in [2.45, 2.75) is 11.3 Å². The lowest BCUT2D eigenvalue weighted by Crippen LogP contribution is -2.28. The van der Waals surface area contributed by atoms with Crippen LogP contribution in [0.1, 0.15) is 27.1 Å². The molecule has 130 valence electrons. The van der Waals surface area contributed by atoms with Gasteiger partial charge in [-0.2, -0.15) is 0 Å². The number of carbonyl (C=O) groups is 3. The maximum absolute atomic E-state index is 12.5. The van der Waals surface area contributed by atoms with E-state index in [4.69, 9.17) is 10.5 Å². The minimum atomic E-state index is -0.490. The molecule has 3 N–H and O–H groups in total. The highest BCUT2D eigenvalue weighted by Gasteiger charge is 2.16. The van der Waals surface area contributed by atoms with Crippen molar-refractivity contribution in [2.24, 2.45) is 5.73 Å². The van der Waals surface area contributed by atoms with Crippen LogP contribution >= 0.6 is 11.8 Å². The molecule has 2 rings (SSSR count). The fraction of sp³-hybridized carbons (Fsp3) is 0.167. The first-order chi connectivity index (χ1) is 12.0. The molecule has 0 radical (unpaired) electrons. The lowest BCUT2D eigenvalue weighted by Gasteiger charge is -2.09. The van der Waals surface area contributed by atoms with Gasteiger partial charge in [0.2, 0.25) is 11.0 Å². The third kappa shape index (κ3) is 5.36. The highest BCUT2D eigenvalue weighted by Crippen LogP contribution is 2.27. The number of rotatable bonds is 7. The molecule has 25 heavy (non-hydrogen) atoms. The molecule has 2 aromatic carbocycles. The maximum atomic E-state index is 12.5. The molecule has 0 spiro atoms. The Morgan fingerprint density at radius 1 is 1.12 bits per heavy atom. The summed E-state index contributed by atoms with van der Waals surface area (Å²) in [5, 5.41) is 2.42. The normalized spacial score (nSPS) is 10.1. The maximum Gasteiger partial charge on any atom is 0.252 e. The van der Waals surface area contributed by atoms with Crippen molar-refractivity contribution >= 4 is 28.7 Å². The van der Waals surface area contributed by atoms with E-state index in [-0.39, 0.29) is 24.0 Å². The zero-order chi connectivity index (χ0) is 18.2. The fourth-order valence-electron chi connectivity index (χ4n) is 2.05. The molecule has 0 saturated heterocycles. The van der Waals surface area contributed by atoms with Gasteiger partial charge in [-0.1, -0.05) is 24.3 Å². The van der Waals surface area contributed by atoms with Crippen LogP contribution in [0.25, 0.3) is 0 Å². The third-order valence-corrected chi connectivity index (χ3v) is 4.29. The van der Waals surface area contributed by atoms with E-state index in [0.29, 0.717) is 21.8 Å². The molecule has 2 amide bonds. The second-order valence-corrected chi connectivity index (χ2v) is 6.10. The summed E-state index contributed by atoms with van der Waals surface area (Å²) in [5.41, 5.74) is 5.90. The smallest absolute Gasteiger partial charge is 0.252 e. The van der Waals surface area contributed by atoms with Gasteiger partial charge in [-0.25, -0.2) is 0 Å². The number of hydrogen-bond acceptors (Lipinski definition) is 5. The molecule has 6 nitrogen and oxygen atoms in total. The van der Waals surface area contributed by atoms with Crippen molar-refractivity contribution < 1.29 is 19.1 Å². The number of carbonyl (C=O) groups excluding carboxylic acids is 3. The third-order valence-electron chi connectivity index (χ3n) is 3.30. The Hall–Kier alpha value is -2.80. The molecule has 7 heteroatoms. The van der Waals surface area contributed by atoms with Crippen LogP contribution in [-0.2, 0) is 4.79 Å². The molecule has 0 aliphatic heterocycles. The quantitative estimate of drug-likeness (QED) is 0.740. The van der Waals surface area contributed by atoms with E-state index >= 15 is 0 Å². The summed E-state index contributed by atoms with van der Waals surface area (Å²) in [6, 6.07) is 13.6. The Kier molecular flexibility index (Phi) is 6.59. The van der Waals surface area contributed by atoms with Crippen molar-refractivity contribution in [3.8, 4) is 5.75 Å². The van der Waals surface area contributed by atoms with Crippen molar-refractivity contribution in [3.05, 3.63) is 59.7 Å². The summed E-state index contributed by atoms with van der Waals surface area (Å²) in [4.78, 5) is 36.0. The summed E-state index contributed by atoms with van der Waals surface area (Å²) < 4.78 is 5.12. The van der Waals surface area contributed by atoms with Gasteiger partial charge in [-0.05, 0) is 36.0 Å². The van der Waals surface area contributed by atoms with Crippen LogP contribution in [0, 0.1) is 0 Å². The summed E-state index contributed by atoms with van der Waals surface area (Å²) in [7, 11) is 1.53. The van der Waals surface area contributed by atoms with Gasteiger partial charge in [-0.15, -0.1) is 0 Å². The highest BCUT2D eigenvalue weighted by atomic mass is 32.2. The minimum absolute atomic E-state index is 0.0593. The van der Waals surface area contributed by atoms with E-state index in [1.54, 1.807) is 48.5 Å². The van der Waals surface area contributed by atoms with Crippen LogP contribution < -0.4 is 15.8 Å². The van der Waals surface area contributed by atoms with Gasteiger partial charge in [-0.3, -0.25) is 14.4 Å². The number of nitrogens with one attached hydrogen (secondary N) is 1. The van der Waals surface area contributed by atoms with E-state index in [1.165, 1.54) is 7.11 Å². The van der Waals surface area contributed by atoms with Crippen molar-refractivity contribution in [1.82, 2.24) is 5.32 Å². The molecule has 0 aromatic heterocycles. The van der Waals surface area contributed by atoms with Gasteiger partial charge in [0.05, 0.1) is 12.7 Å². The summed E-state index contributed by atoms with van der Waals surface area (Å²) >= 11 is 0.964. The number of thioether (sulfide) groups is 1. The summed E-state index contributed by atoms with van der Waals surface area (Å²) in [6.07, 6.45) is 0.0593. The second kappa shape index (κ2) is 8.89. The van der Waals surface area contributed by atoms with Crippen molar-refractivity contribution in [3.63, 3.8) is 0 Å². The van der Waals surface area contributed by atoms with Crippen LogP contribution in [0.15, 0.2) is 53.4 Å². The Morgan fingerprint density at radius 3 is 2.60 bits per heavy atom. The molecular weight excluding hydrogens is 340 g/mol. The first-order valence-corrected chi connectivity index (χ1v) is 8.34. The number of hydrogen-bond donors (Lipinski definition) is 2. The van der Waals surface area contributed by atoms with Gasteiger partial charge >= 0.3 is 0 Å². The van der Waals surface area contributed by atoms with Crippen LogP contribution in [0.3, 0.4) is 0 Å². The standard InChI is InChI=1S/C18H18N2O4S/c1-24-13-6-4-5-12(11-13)18(23)25-15-8-3-2-7-14(15)17(22)20-10-9-16(19)21/h2-8,11H,9-10H2,1H3,(H2,19,21)(H,20,22). The molecule has 2 aromatic rings. The van der Waals surface area contributed by atoms with Crippen LogP contribution in [-0.4, -0.2) is 30.6 Å². The molecule has 0 heterocycles. The number of primary amides is 1. The molecule has 0 saturated carbocycles. The molecular formula is C18H18N2O4S. The van der Waals surface area contributed by atoms with Gasteiger partial charge < -0.3 is 15.8 Å². The SMILES string of the molecule is COc1cccc(C(=O)Sc2ccccc2C(=O)NCCC(N)=O)c1. The predicted octanol–water partition coefficient (Wildman–Crippen LogP) is 2.23. The van der Waals surface area contributed by atoms with E-state index in [0.717, 1.165) is 11.8 Å². The largest absolute Gasteiger partial charge is 0.497 e. The molecule has 0 bridgehead atoms. The highest BCUT2D eigenvalue weighted by molar-refractivity contribution is 8.14. The van der Waals surface area contributed by atoms with Gasteiger partial charge in [0.25, 0.3) is 5.91 Å². The number of methoxy groups -OCH3 is 1. The monoisotopic (exact) mass is 358 g/mol. The zero-order valence-electron chi connectivity index (χ0n) is 13.7. The van der Waals surface area contributed by atoms with Gasteiger partial charge in [0.15, 0.2) is 0 Å². The number of nitrogens with two attached hydrogens (primary N) is 1. The van der Waals surface area contributed by atoms with Crippen molar-refractivity contribution in [2.75, 3.05) is 13.7 Å². The average Bonchev–Trinajstić information content (AvgIpc) is 2.61. The zero-order valence-corrected chi connectivity index (χ0v) is 14.5. The summed E-state index contributed by atoms with van der Waals surface area (Å²) in [5.74, 6) is -0.261. The van der Waals surface area contributed by atoms with E-state index < -0.39 is 5.91 Å². The Bertz CT molecular complexity index is 792. The van der Waals surface area contributed by atoms with Crippen LogP contribution in [0.2, 0.25) is 0 Å². The lowest BCUT2D eigenvalue weighted by molar-refractivity contribution is -0.117. The van der Waals surface area contributed by atoms with E-state index in [2.05, 4.69) is 5.32 Å². The number of ether oxygens (including phenoxy) is 1. The topological polar surface area (TPSA) is 98.5 Å². The number of benzene rings is 2. The molecule has 0 aliphatic rings. The molecule has 0 aliphatic carbocycles. The van der Waals surface area contributed by atoms with Gasteiger partial charge in [0, 0.05) is 23.4 Å². The molecule has 0 fully saturated rings. The Balaban J connectivity index is 2.12. The Labute approximate surface area is 149 Å². The van der Waals surface area contributed by atoms with Crippen LogP contribution in [0.4, 0.5) is 0 Å². The summed E-state index contributed by atoms with van der Waals surface area (Å²) in [6.45, 7) is 0.150. The first kappa shape index (κ1) is 18.5. The minimum Gasteiger partial charge on any atom is -0.497 e. The fourth-order valence-corrected chi connectivity index (χ4v) is 2.91. The average molecular weight is 358 g/mol. The van der Waals surface area contributed by atoms with E-state index in [1.807, 2.05) is 0 Å². The number of amides is 2. The van der Waals surface area contributed by atoms with Gasteiger partial charge in [0.1, 0.15) is 5.75 Å². The first-order valence-electron chi connectivity index (χ1n) is 7.53. The second-order valence-electron chi connectivity index (χ2n) is 5.09. The lowest BCUT2D eigenvalue weighted by atomic mass is 10.2. The van der Waals surface area contributed by atoms with Crippen LogP contribution in [0.5, 0.6) is 5.75 Å².